The summed E-state index contributed by atoms with van der Waals surface area (Å²) in [6.07, 6.45) is -0.234. The molecule has 1 aromatic carbocycles. The summed E-state index contributed by atoms with van der Waals surface area (Å²) in [6.45, 7) is 4.19. The lowest BCUT2D eigenvalue weighted by atomic mass is 10.1. The first-order valence-corrected chi connectivity index (χ1v) is 8.45. The highest BCUT2D eigenvalue weighted by Gasteiger charge is 2.35. The normalized spacial score (nSPS) is 20.5. The lowest BCUT2D eigenvalue weighted by Gasteiger charge is -2.21. The van der Waals surface area contributed by atoms with E-state index in [0.29, 0.717) is 44.4 Å². The number of fused-ring (bicyclic) bond motifs is 1. The number of methoxy groups -OCH3 is 1. The van der Waals surface area contributed by atoms with Crippen LogP contribution in [0.1, 0.15) is 25.0 Å². The molecular formula is C18H23NO6. The van der Waals surface area contributed by atoms with E-state index >= 15 is 0 Å². The summed E-state index contributed by atoms with van der Waals surface area (Å²) in [7, 11) is 1.58. The van der Waals surface area contributed by atoms with Crippen LogP contribution in [0, 0.1) is 5.92 Å². The fraction of sp³-hybridized carbons (Fsp3) is 0.556. The van der Waals surface area contributed by atoms with Crippen LogP contribution in [0.4, 0.5) is 0 Å². The van der Waals surface area contributed by atoms with E-state index in [0.717, 1.165) is 5.56 Å². The monoisotopic (exact) mass is 349 g/mol. The van der Waals surface area contributed by atoms with Gasteiger partial charge in [0.15, 0.2) is 11.5 Å². The molecule has 0 radical (unpaired) electrons. The standard InChI is InChI=1S/C18H23NO6/c1-12(13-3-4-15-16(9-13)24-8-7-23-15)25-18(21)14-10-17(20)19(11-14)5-6-22-2/h3-4,9,12,14H,5-8,10-11H2,1-2H3/t12-,14+/m1/s1. The van der Waals surface area contributed by atoms with E-state index in [2.05, 4.69) is 0 Å². The molecule has 0 aromatic heterocycles. The van der Waals surface area contributed by atoms with E-state index in [-0.39, 0.29) is 18.3 Å². The fourth-order valence-electron chi connectivity index (χ4n) is 3.00. The van der Waals surface area contributed by atoms with Gasteiger partial charge in [-0.25, -0.2) is 0 Å². The third kappa shape index (κ3) is 4.04. The summed E-state index contributed by atoms with van der Waals surface area (Å²) in [5.41, 5.74) is 0.832. The second kappa shape index (κ2) is 7.74. The summed E-state index contributed by atoms with van der Waals surface area (Å²) >= 11 is 0. The van der Waals surface area contributed by atoms with Gasteiger partial charge in [-0.2, -0.15) is 0 Å². The SMILES string of the molecule is COCCN1C[C@@H](C(=O)O[C@H](C)c2ccc3c(c2)OCCO3)CC1=O. The van der Waals surface area contributed by atoms with Crippen LogP contribution in [0.3, 0.4) is 0 Å². The van der Waals surface area contributed by atoms with Crippen LogP contribution in [0.15, 0.2) is 18.2 Å². The molecule has 136 valence electrons. The van der Waals surface area contributed by atoms with Crippen molar-refractivity contribution in [3.8, 4) is 11.5 Å². The molecule has 2 atom stereocenters. The Kier molecular flexibility index (Phi) is 5.43. The molecule has 0 N–H and O–H groups in total. The molecule has 2 heterocycles. The number of carbonyl (C=O) groups is 2. The zero-order chi connectivity index (χ0) is 17.8. The predicted octanol–water partition coefficient (Wildman–Crippen LogP) is 1.56. The van der Waals surface area contributed by atoms with Gasteiger partial charge in [0.05, 0.1) is 12.5 Å². The van der Waals surface area contributed by atoms with Gasteiger partial charge in [-0.05, 0) is 24.6 Å². The molecule has 1 saturated heterocycles. The fourth-order valence-corrected chi connectivity index (χ4v) is 3.00. The minimum absolute atomic E-state index is 0.0361. The first-order valence-electron chi connectivity index (χ1n) is 8.45. The summed E-state index contributed by atoms with van der Waals surface area (Å²) in [6, 6.07) is 5.51. The van der Waals surface area contributed by atoms with Crippen LogP contribution in [0.25, 0.3) is 0 Å². The Labute approximate surface area is 146 Å². The minimum Gasteiger partial charge on any atom is -0.486 e. The summed E-state index contributed by atoms with van der Waals surface area (Å²) in [4.78, 5) is 26.0. The summed E-state index contributed by atoms with van der Waals surface area (Å²) < 4.78 is 21.6. The van der Waals surface area contributed by atoms with E-state index in [9.17, 15) is 9.59 Å². The molecule has 0 aliphatic carbocycles. The van der Waals surface area contributed by atoms with Gasteiger partial charge in [-0.15, -0.1) is 0 Å². The Bertz CT molecular complexity index is 646. The number of nitrogens with zero attached hydrogens (tertiary/aromatic N) is 1. The van der Waals surface area contributed by atoms with E-state index in [1.54, 1.807) is 12.0 Å². The highest BCUT2D eigenvalue weighted by molar-refractivity contribution is 5.86. The third-order valence-corrected chi connectivity index (χ3v) is 4.44. The van der Waals surface area contributed by atoms with Gasteiger partial charge in [0, 0.05) is 26.6 Å². The van der Waals surface area contributed by atoms with Gasteiger partial charge < -0.3 is 23.8 Å². The summed E-state index contributed by atoms with van der Waals surface area (Å²) in [5, 5.41) is 0. The molecule has 0 spiro atoms. The van der Waals surface area contributed by atoms with Crippen molar-refractivity contribution >= 4 is 11.9 Å². The van der Waals surface area contributed by atoms with E-state index < -0.39 is 12.0 Å². The molecule has 0 bridgehead atoms. The van der Waals surface area contributed by atoms with Crippen molar-refractivity contribution in [2.75, 3.05) is 40.0 Å². The molecule has 0 saturated carbocycles. The van der Waals surface area contributed by atoms with Crippen LogP contribution in [0.2, 0.25) is 0 Å². The number of likely N-dealkylation sites (tertiary alicyclic amines) is 1. The Hall–Kier alpha value is -2.28. The molecule has 3 rings (SSSR count). The zero-order valence-electron chi connectivity index (χ0n) is 14.5. The highest BCUT2D eigenvalue weighted by atomic mass is 16.6. The lowest BCUT2D eigenvalue weighted by Crippen LogP contribution is -2.30. The Morgan fingerprint density at radius 2 is 2.08 bits per heavy atom. The topological polar surface area (TPSA) is 74.3 Å². The van der Waals surface area contributed by atoms with Gasteiger partial charge in [-0.1, -0.05) is 6.07 Å². The van der Waals surface area contributed by atoms with Crippen molar-refractivity contribution in [2.45, 2.75) is 19.4 Å². The smallest absolute Gasteiger partial charge is 0.311 e. The average molecular weight is 349 g/mol. The van der Waals surface area contributed by atoms with Gasteiger partial charge in [0.2, 0.25) is 5.91 Å². The van der Waals surface area contributed by atoms with Gasteiger partial charge in [-0.3, -0.25) is 9.59 Å². The first-order chi connectivity index (χ1) is 12.1. The Morgan fingerprint density at radius 1 is 1.32 bits per heavy atom. The quantitative estimate of drug-likeness (QED) is 0.726. The number of esters is 1. The number of rotatable bonds is 6. The maximum atomic E-state index is 12.4. The van der Waals surface area contributed by atoms with E-state index in [4.69, 9.17) is 18.9 Å². The van der Waals surface area contributed by atoms with Crippen molar-refractivity contribution in [2.24, 2.45) is 5.92 Å². The minimum atomic E-state index is -0.427. The molecule has 0 unspecified atom stereocenters. The Balaban J connectivity index is 1.58. The van der Waals surface area contributed by atoms with E-state index in [1.165, 1.54) is 0 Å². The Morgan fingerprint density at radius 3 is 2.84 bits per heavy atom. The van der Waals surface area contributed by atoms with E-state index in [1.807, 2.05) is 25.1 Å². The van der Waals surface area contributed by atoms with Crippen molar-refractivity contribution in [3.05, 3.63) is 23.8 Å². The number of amides is 1. The van der Waals surface area contributed by atoms with Gasteiger partial charge in [0.1, 0.15) is 19.3 Å². The molecular weight excluding hydrogens is 326 g/mol. The van der Waals surface area contributed by atoms with Crippen LogP contribution in [-0.2, 0) is 19.1 Å². The molecule has 7 heteroatoms. The van der Waals surface area contributed by atoms with Gasteiger partial charge >= 0.3 is 5.97 Å². The summed E-state index contributed by atoms with van der Waals surface area (Å²) in [5.74, 6) is 0.544. The number of ether oxygens (including phenoxy) is 4. The molecule has 1 amide bonds. The molecule has 2 aliphatic heterocycles. The second-order valence-corrected chi connectivity index (χ2v) is 6.22. The molecule has 7 nitrogen and oxygen atoms in total. The number of benzene rings is 1. The number of hydrogen-bond donors (Lipinski definition) is 0. The molecule has 2 aliphatic rings. The van der Waals surface area contributed by atoms with Crippen LogP contribution in [-0.4, -0.2) is 56.8 Å². The van der Waals surface area contributed by atoms with Crippen LogP contribution < -0.4 is 9.47 Å². The van der Waals surface area contributed by atoms with Crippen molar-refractivity contribution in [1.82, 2.24) is 4.90 Å². The molecule has 1 fully saturated rings. The largest absolute Gasteiger partial charge is 0.486 e. The molecule has 1 aromatic rings. The predicted molar refractivity (Wildman–Crippen MR) is 88.5 cm³/mol. The maximum absolute atomic E-state index is 12.4. The van der Waals surface area contributed by atoms with Crippen LogP contribution >= 0.6 is 0 Å². The van der Waals surface area contributed by atoms with Crippen molar-refractivity contribution in [3.63, 3.8) is 0 Å². The third-order valence-electron chi connectivity index (χ3n) is 4.44. The zero-order valence-corrected chi connectivity index (χ0v) is 14.5. The number of carbonyl (C=O) groups excluding carboxylic acids is 2. The molecule has 25 heavy (non-hydrogen) atoms. The lowest BCUT2D eigenvalue weighted by molar-refractivity contribution is -0.153. The van der Waals surface area contributed by atoms with Crippen molar-refractivity contribution < 1.29 is 28.5 Å². The van der Waals surface area contributed by atoms with Crippen LogP contribution in [0.5, 0.6) is 11.5 Å². The van der Waals surface area contributed by atoms with Crippen molar-refractivity contribution in [1.29, 1.82) is 0 Å². The highest BCUT2D eigenvalue weighted by Crippen LogP contribution is 2.34. The average Bonchev–Trinajstić information content (AvgIpc) is 3.00. The van der Waals surface area contributed by atoms with Gasteiger partial charge in [0.25, 0.3) is 0 Å². The maximum Gasteiger partial charge on any atom is 0.311 e. The number of hydrogen-bond acceptors (Lipinski definition) is 6. The first kappa shape index (κ1) is 17.5. The second-order valence-electron chi connectivity index (χ2n) is 6.22.